The van der Waals surface area contributed by atoms with Gasteiger partial charge in [0, 0.05) is 34.1 Å². The Morgan fingerprint density at radius 3 is 2.43 bits per heavy atom. The van der Waals surface area contributed by atoms with Crippen LogP contribution in [0.4, 0.5) is 5.82 Å². The van der Waals surface area contributed by atoms with E-state index >= 15 is 0 Å². The van der Waals surface area contributed by atoms with Gasteiger partial charge in [-0.25, -0.2) is 0 Å². The van der Waals surface area contributed by atoms with Crippen LogP contribution in [0.15, 0.2) is 36.7 Å². The summed E-state index contributed by atoms with van der Waals surface area (Å²) in [5.74, 6) is 1.37. The maximum atomic E-state index is 11.5. The fourth-order valence-corrected chi connectivity index (χ4v) is 2.32. The quantitative estimate of drug-likeness (QED) is 0.611. The van der Waals surface area contributed by atoms with Crippen LogP contribution in [0.3, 0.4) is 0 Å². The smallest absolute Gasteiger partial charge is 0.310 e. The van der Waals surface area contributed by atoms with Crippen LogP contribution in [0.1, 0.15) is 19.4 Å². The molecule has 0 saturated heterocycles. The summed E-state index contributed by atoms with van der Waals surface area (Å²) in [7, 11) is 3.64. The molecule has 0 spiro atoms. The first-order valence-electron chi connectivity index (χ1n) is 9.06. The average Bonchev–Trinajstić information content (AvgIpc) is 2.67. The number of amides is 1. The van der Waals surface area contributed by atoms with Crippen LogP contribution in [0.2, 0.25) is 0 Å². The number of carbonyl (C=O) groups excluding carboxylic acids is 2. The fourth-order valence-electron chi connectivity index (χ4n) is 2.32. The molecular formula is C20H26N4O4. The highest BCUT2D eigenvalue weighted by Crippen LogP contribution is 2.21. The summed E-state index contributed by atoms with van der Waals surface area (Å²) in [6.07, 6.45) is 3.40. The lowest BCUT2D eigenvalue weighted by Gasteiger charge is -2.22. The molecule has 2 aromatic rings. The maximum Gasteiger partial charge on any atom is 0.310 e. The Kier molecular flexibility index (Phi) is 7.74. The standard InChI is InChI=1S/C20H26N4O4/c1-5-27-20(26)12-16-6-8-17(9-7-16)28-19-14-21-13-18(22-19)24(4)11-10-23(3)15(2)25/h6-9,13-14H,5,10-12H2,1-4H3. The molecule has 0 unspecified atom stereocenters. The van der Waals surface area contributed by atoms with Crippen LogP contribution in [-0.4, -0.2) is 60.5 Å². The summed E-state index contributed by atoms with van der Waals surface area (Å²) in [5.41, 5.74) is 0.847. The van der Waals surface area contributed by atoms with E-state index in [-0.39, 0.29) is 18.3 Å². The van der Waals surface area contributed by atoms with E-state index in [1.165, 1.54) is 13.1 Å². The van der Waals surface area contributed by atoms with E-state index in [0.29, 0.717) is 37.1 Å². The third-order valence-electron chi connectivity index (χ3n) is 4.10. The van der Waals surface area contributed by atoms with E-state index in [1.807, 2.05) is 24.1 Å². The molecule has 0 bridgehead atoms. The number of nitrogens with zero attached hydrogens (tertiary/aromatic N) is 4. The minimum absolute atomic E-state index is 0.0166. The molecule has 2 rings (SSSR count). The lowest BCUT2D eigenvalue weighted by molar-refractivity contribution is -0.142. The molecule has 1 aromatic heterocycles. The lowest BCUT2D eigenvalue weighted by atomic mass is 10.1. The van der Waals surface area contributed by atoms with Crippen molar-refractivity contribution in [1.82, 2.24) is 14.9 Å². The third kappa shape index (κ3) is 6.53. The first kappa shape index (κ1) is 21.1. The molecule has 0 radical (unpaired) electrons. The minimum Gasteiger partial charge on any atom is -0.466 e. The summed E-state index contributed by atoms with van der Waals surface area (Å²) in [6, 6.07) is 7.17. The number of hydrogen-bond acceptors (Lipinski definition) is 7. The Balaban J connectivity index is 1.96. The van der Waals surface area contributed by atoms with Crippen molar-refractivity contribution in [2.24, 2.45) is 0 Å². The Hall–Kier alpha value is -3.16. The van der Waals surface area contributed by atoms with Gasteiger partial charge in [-0.1, -0.05) is 12.1 Å². The summed E-state index contributed by atoms with van der Waals surface area (Å²) in [6.45, 7) is 4.89. The zero-order chi connectivity index (χ0) is 20.5. The monoisotopic (exact) mass is 386 g/mol. The van der Waals surface area contributed by atoms with Gasteiger partial charge in [0.2, 0.25) is 11.8 Å². The van der Waals surface area contributed by atoms with Gasteiger partial charge in [-0.2, -0.15) is 4.98 Å². The molecule has 1 amide bonds. The van der Waals surface area contributed by atoms with Crippen LogP contribution in [0.5, 0.6) is 11.6 Å². The van der Waals surface area contributed by atoms with Crippen LogP contribution in [0.25, 0.3) is 0 Å². The Morgan fingerprint density at radius 1 is 1.07 bits per heavy atom. The number of rotatable bonds is 9. The molecule has 0 aliphatic rings. The van der Waals surface area contributed by atoms with E-state index in [4.69, 9.17) is 9.47 Å². The molecule has 0 atom stereocenters. The zero-order valence-electron chi connectivity index (χ0n) is 16.7. The number of hydrogen-bond donors (Lipinski definition) is 0. The van der Waals surface area contributed by atoms with Crippen molar-refractivity contribution < 1.29 is 19.1 Å². The van der Waals surface area contributed by atoms with Crippen LogP contribution < -0.4 is 9.64 Å². The van der Waals surface area contributed by atoms with Gasteiger partial charge in [-0.3, -0.25) is 14.6 Å². The second kappa shape index (κ2) is 10.2. The summed E-state index contributed by atoms with van der Waals surface area (Å²) in [4.78, 5) is 35.0. The lowest BCUT2D eigenvalue weighted by Crippen LogP contribution is -2.33. The van der Waals surface area contributed by atoms with Crippen molar-refractivity contribution in [2.75, 3.05) is 38.7 Å². The second-order valence-electron chi connectivity index (χ2n) is 6.31. The number of likely N-dealkylation sites (N-methyl/N-ethyl adjacent to an activating group) is 2. The molecule has 8 nitrogen and oxygen atoms in total. The second-order valence-corrected chi connectivity index (χ2v) is 6.31. The van der Waals surface area contributed by atoms with Crippen molar-refractivity contribution in [1.29, 1.82) is 0 Å². The van der Waals surface area contributed by atoms with Gasteiger partial charge < -0.3 is 19.3 Å². The highest BCUT2D eigenvalue weighted by Gasteiger charge is 2.09. The number of esters is 1. The van der Waals surface area contributed by atoms with Crippen molar-refractivity contribution in [3.05, 3.63) is 42.2 Å². The van der Waals surface area contributed by atoms with Gasteiger partial charge in [-0.15, -0.1) is 0 Å². The molecule has 1 aromatic carbocycles. The molecule has 0 fully saturated rings. The SMILES string of the molecule is CCOC(=O)Cc1ccc(Oc2cncc(N(C)CCN(C)C(C)=O)n2)cc1. The van der Waals surface area contributed by atoms with Gasteiger partial charge >= 0.3 is 5.97 Å². The van der Waals surface area contributed by atoms with E-state index in [0.717, 1.165) is 5.56 Å². The first-order chi connectivity index (χ1) is 13.4. The molecule has 28 heavy (non-hydrogen) atoms. The highest BCUT2D eigenvalue weighted by atomic mass is 16.5. The normalized spacial score (nSPS) is 10.3. The average molecular weight is 386 g/mol. The predicted molar refractivity (Wildman–Crippen MR) is 105 cm³/mol. The number of benzene rings is 1. The molecule has 0 aliphatic carbocycles. The van der Waals surface area contributed by atoms with Gasteiger partial charge in [0.05, 0.1) is 25.4 Å². The Morgan fingerprint density at radius 2 is 1.79 bits per heavy atom. The van der Waals surface area contributed by atoms with E-state index < -0.39 is 0 Å². The van der Waals surface area contributed by atoms with E-state index in [9.17, 15) is 9.59 Å². The van der Waals surface area contributed by atoms with Crippen molar-refractivity contribution in [3.63, 3.8) is 0 Å². The maximum absolute atomic E-state index is 11.5. The van der Waals surface area contributed by atoms with Crippen LogP contribution in [-0.2, 0) is 20.7 Å². The predicted octanol–water partition coefficient (Wildman–Crippen LogP) is 2.29. The highest BCUT2D eigenvalue weighted by molar-refractivity contribution is 5.73. The van der Waals surface area contributed by atoms with Gasteiger partial charge in [-0.05, 0) is 24.6 Å². The summed E-state index contributed by atoms with van der Waals surface area (Å²) < 4.78 is 10.7. The van der Waals surface area contributed by atoms with E-state index in [1.54, 1.807) is 37.2 Å². The topological polar surface area (TPSA) is 84.9 Å². The van der Waals surface area contributed by atoms with Crippen LogP contribution >= 0.6 is 0 Å². The van der Waals surface area contributed by atoms with Crippen molar-refractivity contribution in [3.8, 4) is 11.6 Å². The number of aromatic nitrogens is 2. The van der Waals surface area contributed by atoms with Crippen molar-refractivity contribution >= 4 is 17.7 Å². The zero-order valence-corrected chi connectivity index (χ0v) is 16.7. The molecule has 0 N–H and O–H groups in total. The molecule has 0 saturated carbocycles. The largest absolute Gasteiger partial charge is 0.466 e. The Bertz CT molecular complexity index is 795. The van der Waals surface area contributed by atoms with Crippen LogP contribution in [0, 0.1) is 0 Å². The fraction of sp³-hybridized carbons (Fsp3) is 0.400. The minimum atomic E-state index is -0.256. The molecular weight excluding hydrogens is 360 g/mol. The number of ether oxygens (including phenoxy) is 2. The number of carbonyl (C=O) groups is 2. The summed E-state index contributed by atoms with van der Waals surface area (Å²) in [5, 5.41) is 0. The third-order valence-corrected chi connectivity index (χ3v) is 4.10. The van der Waals surface area contributed by atoms with Crippen molar-refractivity contribution in [2.45, 2.75) is 20.3 Å². The van der Waals surface area contributed by atoms with Gasteiger partial charge in [0.1, 0.15) is 5.75 Å². The Labute approximate surface area is 165 Å². The van der Waals surface area contributed by atoms with Gasteiger partial charge in [0.15, 0.2) is 5.82 Å². The number of anilines is 1. The van der Waals surface area contributed by atoms with E-state index in [2.05, 4.69) is 9.97 Å². The molecule has 1 heterocycles. The molecule has 8 heteroatoms. The molecule has 0 aliphatic heterocycles. The van der Waals surface area contributed by atoms with Gasteiger partial charge in [0.25, 0.3) is 0 Å². The molecule has 150 valence electrons. The first-order valence-corrected chi connectivity index (χ1v) is 9.06. The summed E-state index contributed by atoms with van der Waals surface area (Å²) >= 11 is 0.